The summed E-state index contributed by atoms with van der Waals surface area (Å²) in [4.78, 5) is 22.7. The van der Waals surface area contributed by atoms with Gasteiger partial charge in [0, 0.05) is 17.1 Å². The highest BCUT2D eigenvalue weighted by Gasteiger charge is 2.21. The Morgan fingerprint density at radius 3 is 2.00 bits per heavy atom. The molecular weight excluding hydrogens is 232 g/mol. The monoisotopic (exact) mass is 254 g/mol. The number of hydrogen-bond donors (Lipinski definition) is 0. The number of esters is 2. The third-order valence-electron chi connectivity index (χ3n) is 2.47. The highest BCUT2D eigenvalue weighted by atomic mass is 16.6. The van der Waals surface area contributed by atoms with Gasteiger partial charge in [0.25, 0.3) is 0 Å². The molecule has 0 aliphatic heterocycles. The van der Waals surface area contributed by atoms with Crippen LogP contribution in [-0.4, -0.2) is 24.6 Å². The first-order chi connectivity index (χ1) is 8.29. The fourth-order valence-corrected chi connectivity index (χ4v) is 1.28. The van der Waals surface area contributed by atoms with E-state index in [4.69, 9.17) is 9.47 Å². The Morgan fingerprint density at radius 1 is 1.11 bits per heavy atom. The molecule has 18 heavy (non-hydrogen) atoms. The molecular formula is C14H22O4. The summed E-state index contributed by atoms with van der Waals surface area (Å²) in [6.45, 7) is 14.2. The lowest BCUT2D eigenvalue weighted by molar-refractivity contribution is -0.150. The molecule has 0 heterocycles. The van der Waals surface area contributed by atoms with Crippen LogP contribution in [0.4, 0.5) is 0 Å². The summed E-state index contributed by atoms with van der Waals surface area (Å²) < 4.78 is 10.3. The summed E-state index contributed by atoms with van der Waals surface area (Å²) in [5.41, 5.74) is 0.716. The number of carbonyl (C=O) groups excluding carboxylic acids is 2. The van der Waals surface area contributed by atoms with Crippen LogP contribution in [0.25, 0.3) is 0 Å². The molecule has 0 saturated heterocycles. The maximum absolute atomic E-state index is 11.4. The van der Waals surface area contributed by atoms with Crippen molar-refractivity contribution in [1.82, 2.24) is 0 Å². The average molecular weight is 254 g/mol. The molecule has 0 aliphatic carbocycles. The van der Waals surface area contributed by atoms with Crippen molar-refractivity contribution < 1.29 is 19.1 Å². The quantitative estimate of drug-likeness (QED) is 0.517. The van der Waals surface area contributed by atoms with Gasteiger partial charge in [0.15, 0.2) is 0 Å². The van der Waals surface area contributed by atoms with E-state index in [-0.39, 0.29) is 18.6 Å². The van der Waals surface area contributed by atoms with Gasteiger partial charge in [0.1, 0.15) is 6.10 Å². The number of carbonyl (C=O) groups is 2. The minimum absolute atomic E-state index is 0.0680. The van der Waals surface area contributed by atoms with Crippen molar-refractivity contribution in [3.63, 3.8) is 0 Å². The van der Waals surface area contributed by atoms with Crippen LogP contribution < -0.4 is 0 Å². The van der Waals surface area contributed by atoms with Gasteiger partial charge in [0.05, 0.1) is 6.61 Å². The molecule has 2 atom stereocenters. The van der Waals surface area contributed by atoms with Gasteiger partial charge in [-0.25, -0.2) is 9.59 Å². The second-order valence-electron chi connectivity index (χ2n) is 4.49. The smallest absolute Gasteiger partial charge is 0.333 e. The number of hydrogen-bond acceptors (Lipinski definition) is 4. The normalized spacial score (nSPS) is 13.3. The van der Waals surface area contributed by atoms with Crippen LogP contribution in [0.5, 0.6) is 0 Å². The summed E-state index contributed by atoms with van der Waals surface area (Å²) >= 11 is 0. The van der Waals surface area contributed by atoms with Crippen LogP contribution in [0.2, 0.25) is 0 Å². The van der Waals surface area contributed by atoms with Crippen molar-refractivity contribution in [2.45, 2.75) is 40.2 Å². The largest absolute Gasteiger partial charge is 0.462 e. The van der Waals surface area contributed by atoms with E-state index < -0.39 is 11.9 Å². The SMILES string of the molecule is C=C(C)C(=O)OCC(C)C(CC)OC(=O)C(=C)C. The van der Waals surface area contributed by atoms with Crippen molar-refractivity contribution in [3.05, 3.63) is 24.3 Å². The first kappa shape index (κ1) is 16.4. The second-order valence-corrected chi connectivity index (χ2v) is 4.49. The first-order valence-corrected chi connectivity index (χ1v) is 5.98. The number of ether oxygens (including phenoxy) is 2. The molecule has 4 nitrogen and oxygen atoms in total. The van der Waals surface area contributed by atoms with E-state index in [2.05, 4.69) is 13.2 Å². The molecule has 0 bridgehead atoms. The fourth-order valence-electron chi connectivity index (χ4n) is 1.28. The zero-order chi connectivity index (χ0) is 14.3. The van der Waals surface area contributed by atoms with Crippen LogP contribution in [-0.2, 0) is 19.1 Å². The molecule has 0 aromatic heterocycles. The van der Waals surface area contributed by atoms with Gasteiger partial charge in [-0.1, -0.05) is 27.0 Å². The van der Waals surface area contributed by atoms with Crippen LogP contribution >= 0.6 is 0 Å². The van der Waals surface area contributed by atoms with E-state index in [1.165, 1.54) is 0 Å². The molecule has 0 aromatic carbocycles. The van der Waals surface area contributed by atoms with E-state index in [0.717, 1.165) is 0 Å². The van der Waals surface area contributed by atoms with Crippen LogP contribution in [0.15, 0.2) is 24.3 Å². The molecule has 0 spiro atoms. The van der Waals surface area contributed by atoms with Gasteiger partial charge in [0.2, 0.25) is 0 Å². The number of rotatable bonds is 7. The van der Waals surface area contributed by atoms with E-state index in [9.17, 15) is 9.59 Å². The molecule has 0 fully saturated rings. The molecule has 0 aromatic rings. The van der Waals surface area contributed by atoms with Gasteiger partial charge in [-0.2, -0.15) is 0 Å². The summed E-state index contributed by atoms with van der Waals surface area (Å²) in [5, 5.41) is 0. The molecule has 2 unspecified atom stereocenters. The van der Waals surface area contributed by atoms with Crippen molar-refractivity contribution >= 4 is 11.9 Å². The fraction of sp³-hybridized carbons (Fsp3) is 0.571. The highest BCUT2D eigenvalue weighted by Crippen LogP contribution is 2.14. The molecule has 0 amide bonds. The molecule has 4 heteroatoms. The lowest BCUT2D eigenvalue weighted by atomic mass is 10.0. The molecule has 0 rings (SSSR count). The minimum atomic E-state index is -0.428. The van der Waals surface area contributed by atoms with Crippen molar-refractivity contribution in [1.29, 1.82) is 0 Å². The Morgan fingerprint density at radius 2 is 1.61 bits per heavy atom. The lowest BCUT2D eigenvalue weighted by Gasteiger charge is -2.22. The Balaban J connectivity index is 4.31. The summed E-state index contributed by atoms with van der Waals surface area (Å²) in [6, 6.07) is 0. The Labute approximate surface area is 109 Å². The van der Waals surface area contributed by atoms with Gasteiger partial charge in [-0.3, -0.25) is 0 Å². The Kier molecular flexibility index (Phi) is 7.01. The van der Waals surface area contributed by atoms with E-state index in [0.29, 0.717) is 17.6 Å². The minimum Gasteiger partial charge on any atom is -0.462 e. The predicted molar refractivity (Wildman–Crippen MR) is 69.9 cm³/mol. The molecule has 0 N–H and O–H groups in total. The van der Waals surface area contributed by atoms with Crippen LogP contribution in [0.3, 0.4) is 0 Å². The molecule has 102 valence electrons. The van der Waals surface area contributed by atoms with Gasteiger partial charge >= 0.3 is 11.9 Å². The summed E-state index contributed by atoms with van der Waals surface area (Å²) in [6.07, 6.45) is 0.372. The Hall–Kier alpha value is -1.58. The van der Waals surface area contributed by atoms with E-state index in [1.54, 1.807) is 13.8 Å². The van der Waals surface area contributed by atoms with Crippen LogP contribution in [0.1, 0.15) is 34.1 Å². The second kappa shape index (κ2) is 7.69. The highest BCUT2D eigenvalue weighted by molar-refractivity contribution is 5.87. The summed E-state index contributed by atoms with van der Waals surface area (Å²) in [5.74, 6) is -0.913. The van der Waals surface area contributed by atoms with Crippen molar-refractivity contribution in [2.75, 3.05) is 6.61 Å². The molecule has 0 saturated carbocycles. The lowest BCUT2D eigenvalue weighted by Crippen LogP contribution is -2.29. The van der Waals surface area contributed by atoms with Crippen molar-refractivity contribution in [2.24, 2.45) is 5.92 Å². The topological polar surface area (TPSA) is 52.6 Å². The maximum atomic E-state index is 11.4. The van der Waals surface area contributed by atoms with Gasteiger partial charge in [-0.05, 0) is 20.3 Å². The average Bonchev–Trinajstić information content (AvgIpc) is 2.31. The zero-order valence-corrected chi connectivity index (χ0v) is 11.6. The standard InChI is InChI=1S/C14H22O4/c1-7-12(18-14(16)10(4)5)11(6)8-17-13(15)9(2)3/h11-12H,2,4,7-8H2,1,3,5-6H3. The van der Waals surface area contributed by atoms with Gasteiger partial charge in [-0.15, -0.1) is 0 Å². The van der Waals surface area contributed by atoms with Crippen LogP contribution in [0, 0.1) is 5.92 Å². The maximum Gasteiger partial charge on any atom is 0.333 e. The third-order valence-corrected chi connectivity index (χ3v) is 2.47. The first-order valence-electron chi connectivity index (χ1n) is 5.98. The predicted octanol–water partition coefficient (Wildman–Crippen LogP) is 2.64. The summed E-state index contributed by atoms with van der Waals surface area (Å²) in [7, 11) is 0. The molecule has 0 aliphatic rings. The van der Waals surface area contributed by atoms with Crippen molar-refractivity contribution in [3.8, 4) is 0 Å². The zero-order valence-electron chi connectivity index (χ0n) is 11.6. The van der Waals surface area contributed by atoms with E-state index >= 15 is 0 Å². The van der Waals surface area contributed by atoms with Gasteiger partial charge < -0.3 is 9.47 Å². The molecule has 0 radical (unpaired) electrons. The van der Waals surface area contributed by atoms with E-state index in [1.807, 2.05) is 13.8 Å². The third kappa shape index (κ3) is 5.66. The Bertz CT molecular complexity index is 344.